The van der Waals surface area contributed by atoms with Crippen molar-refractivity contribution < 1.29 is 22.6 Å². The number of fused-ring (bicyclic) bond motifs is 1. The SMILES string of the molecule is FC(F)(F)c1cccc(Nc2n[nH]c(-c3cccc(Oc4ccnc5cc(OCc6ccccc6)ccc45)c3)n2)c1. The van der Waals surface area contributed by atoms with Gasteiger partial charge in [0.15, 0.2) is 5.82 Å². The third-order valence-electron chi connectivity index (χ3n) is 6.19. The molecule has 6 aromatic rings. The highest BCUT2D eigenvalue weighted by Gasteiger charge is 2.30. The molecule has 2 aromatic heterocycles. The fraction of sp³-hybridized carbons (Fsp3) is 0.0645. The number of H-pyrrole nitrogens is 1. The van der Waals surface area contributed by atoms with Gasteiger partial charge in [-0.1, -0.05) is 48.5 Å². The molecule has 10 heteroatoms. The van der Waals surface area contributed by atoms with Crippen LogP contribution in [-0.2, 0) is 12.8 Å². The predicted molar refractivity (Wildman–Crippen MR) is 149 cm³/mol. The molecule has 0 saturated carbocycles. The Morgan fingerprint density at radius 1 is 0.805 bits per heavy atom. The van der Waals surface area contributed by atoms with Crippen LogP contribution in [0.15, 0.2) is 109 Å². The lowest BCUT2D eigenvalue weighted by Crippen LogP contribution is -2.05. The van der Waals surface area contributed by atoms with Crippen LogP contribution in [0.1, 0.15) is 11.1 Å². The van der Waals surface area contributed by atoms with Gasteiger partial charge in [-0.2, -0.15) is 18.2 Å². The van der Waals surface area contributed by atoms with Gasteiger partial charge in [0.2, 0.25) is 5.95 Å². The summed E-state index contributed by atoms with van der Waals surface area (Å²) in [7, 11) is 0. The number of ether oxygens (including phenoxy) is 2. The predicted octanol–water partition coefficient (Wildman–Crippen LogP) is 8.15. The van der Waals surface area contributed by atoms with E-state index in [4.69, 9.17) is 9.47 Å². The molecule has 0 spiro atoms. The zero-order chi connectivity index (χ0) is 28.2. The number of nitrogens with zero attached hydrogens (tertiary/aromatic N) is 3. The molecule has 0 atom stereocenters. The number of alkyl halides is 3. The van der Waals surface area contributed by atoms with Crippen LogP contribution >= 0.6 is 0 Å². The summed E-state index contributed by atoms with van der Waals surface area (Å²) in [5.74, 6) is 2.43. The monoisotopic (exact) mass is 553 g/mol. The summed E-state index contributed by atoms with van der Waals surface area (Å²) in [6.07, 6.45) is -2.77. The quantitative estimate of drug-likeness (QED) is 0.198. The number of halogens is 3. The van der Waals surface area contributed by atoms with Gasteiger partial charge in [0.1, 0.15) is 23.9 Å². The van der Waals surface area contributed by atoms with Gasteiger partial charge >= 0.3 is 6.18 Å². The van der Waals surface area contributed by atoms with E-state index in [1.165, 1.54) is 12.1 Å². The Morgan fingerprint density at radius 2 is 1.66 bits per heavy atom. The molecule has 2 N–H and O–H groups in total. The molecule has 0 radical (unpaired) electrons. The second kappa shape index (κ2) is 11.0. The summed E-state index contributed by atoms with van der Waals surface area (Å²) in [6, 6.07) is 29.4. The summed E-state index contributed by atoms with van der Waals surface area (Å²) < 4.78 is 51.2. The first-order chi connectivity index (χ1) is 19.9. The number of hydrogen-bond acceptors (Lipinski definition) is 6. The first kappa shape index (κ1) is 25.9. The molecule has 0 aliphatic carbocycles. The Labute approximate surface area is 232 Å². The second-order valence-corrected chi connectivity index (χ2v) is 9.10. The average Bonchev–Trinajstić information content (AvgIpc) is 3.45. The highest BCUT2D eigenvalue weighted by molar-refractivity contribution is 5.86. The van der Waals surface area contributed by atoms with E-state index >= 15 is 0 Å². The van der Waals surface area contributed by atoms with E-state index in [9.17, 15) is 13.2 Å². The molecular formula is C31H22F3N5O2. The summed E-state index contributed by atoms with van der Waals surface area (Å²) in [4.78, 5) is 8.84. The minimum Gasteiger partial charge on any atom is -0.489 e. The largest absolute Gasteiger partial charge is 0.489 e. The van der Waals surface area contributed by atoms with Crippen LogP contribution in [0.4, 0.5) is 24.8 Å². The summed E-state index contributed by atoms with van der Waals surface area (Å²) in [6.45, 7) is 0.453. The third-order valence-corrected chi connectivity index (χ3v) is 6.19. The molecule has 0 saturated heterocycles. The third kappa shape index (κ3) is 6.11. The van der Waals surface area contributed by atoms with E-state index in [1.807, 2.05) is 66.7 Å². The number of nitrogens with one attached hydrogen (secondary N) is 2. The molecule has 0 bridgehead atoms. The summed E-state index contributed by atoms with van der Waals surface area (Å²) in [5, 5.41) is 10.5. The lowest BCUT2D eigenvalue weighted by atomic mass is 10.2. The van der Waals surface area contributed by atoms with Crippen molar-refractivity contribution in [2.75, 3.05) is 5.32 Å². The van der Waals surface area contributed by atoms with Crippen LogP contribution < -0.4 is 14.8 Å². The molecular weight excluding hydrogens is 531 g/mol. The topological polar surface area (TPSA) is 85.0 Å². The smallest absolute Gasteiger partial charge is 0.416 e. The van der Waals surface area contributed by atoms with E-state index in [0.29, 0.717) is 35.2 Å². The normalized spacial score (nSPS) is 11.4. The van der Waals surface area contributed by atoms with Gasteiger partial charge in [-0.15, -0.1) is 5.10 Å². The molecule has 41 heavy (non-hydrogen) atoms. The molecule has 0 amide bonds. The Bertz CT molecular complexity index is 1810. The zero-order valence-corrected chi connectivity index (χ0v) is 21.4. The zero-order valence-electron chi connectivity index (χ0n) is 21.4. The average molecular weight is 554 g/mol. The van der Waals surface area contributed by atoms with E-state index in [-0.39, 0.29) is 11.6 Å². The molecule has 6 rings (SSSR count). The van der Waals surface area contributed by atoms with E-state index in [1.54, 1.807) is 18.3 Å². The van der Waals surface area contributed by atoms with Crippen LogP contribution in [0.2, 0.25) is 0 Å². The Morgan fingerprint density at radius 3 is 2.51 bits per heavy atom. The van der Waals surface area contributed by atoms with Gasteiger partial charge in [-0.05, 0) is 54.1 Å². The number of benzene rings is 4. The highest BCUT2D eigenvalue weighted by atomic mass is 19.4. The number of rotatable bonds is 8. The van der Waals surface area contributed by atoms with Gasteiger partial charge in [0.05, 0.1) is 11.1 Å². The Balaban J connectivity index is 1.17. The van der Waals surface area contributed by atoms with Crippen molar-refractivity contribution in [3.63, 3.8) is 0 Å². The van der Waals surface area contributed by atoms with Crippen molar-refractivity contribution >= 4 is 22.5 Å². The molecule has 4 aromatic carbocycles. The van der Waals surface area contributed by atoms with Crippen LogP contribution in [-0.4, -0.2) is 20.2 Å². The van der Waals surface area contributed by atoms with Crippen molar-refractivity contribution in [1.82, 2.24) is 20.2 Å². The molecule has 7 nitrogen and oxygen atoms in total. The van der Waals surface area contributed by atoms with Crippen molar-refractivity contribution in [3.8, 4) is 28.6 Å². The number of anilines is 2. The van der Waals surface area contributed by atoms with Crippen LogP contribution in [0.5, 0.6) is 17.2 Å². The molecule has 0 fully saturated rings. The van der Waals surface area contributed by atoms with Crippen molar-refractivity contribution in [2.45, 2.75) is 12.8 Å². The highest BCUT2D eigenvalue weighted by Crippen LogP contribution is 2.33. The van der Waals surface area contributed by atoms with Crippen molar-refractivity contribution in [2.24, 2.45) is 0 Å². The number of hydrogen-bond donors (Lipinski definition) is 2. The van der Waals surface area contributed by atoms with E-state index < -0.39 is 11.7 Å². The van der Waals surface area contributed by atoms with E-state index in [0.717, 1.165) is 28.6 Å². The van der Waals surface area contributed by atoms with E-state index in [2.05, 4.69) is 25.5 Å². The van der Waals surface area contributed by atoms with Crippen molar-refractivity contribution in [3.05, 3.63) is 120 Å². The van der Waals surface area contributed by atoms with Gasteiger partial charge in [0.25, 0.3) is 0 Å². The number of aromatic nitrogens is 4. The lowest BCUT2D eigenvalue weighted by Gasteiger charge is -2.11. The first-order valence-electron chi connectivity index (χ1n) is 12.6. The van der Waals surface area contributed by atoms with Crippen LogP contribution in [0.3, 0.4) is 0 Å². The van der Waals surface area contributed by atoms with Crippen molar-refractivity contribution in [1.29, 1.82) is 0 Å². The maximum Gasteiger partial charge on any atom is 0.416 e. The first-order valence-corrected chi connectivity index (χ1v) is 12.6. The Kier molecular flexibility index (Phi) is 6.95. The van der Waals surface area contributed by atoms with Gasteiger partial charge < -0.3 is 14.8 Å². The molecule has 0 aliphatic rings. The minimum absolute atomic E-state index is 0.135. The summed E-state index contributed by atoms with van der Waals surface area (Å²) >= 11 is 0. The fourth-order valence-electron chi connectivity index (χ4n) is 4.20. The lowest BCUT2D eigenvalue weighted by molar-refractivity contribution is -0.137. The molecule has 204 valence electrons. The number of aromatic amines is 1. The van der Waals surface area contributed by atoms with Crippen LogP contribution in [0, 0.1) is 0 Å². The van der Waals surface area contributed by atoms with Crippen LogP contribution in [0.25, 0.3) is 22.3 Å². The second-order valence-electron chi connectivity index (χ2n) is 9.10. The molecule has 0 aliphatic heterocycles. The minimum atomic E-state index is -4.44. The molecule has 2 heterocycles. The molecule has 0 unspecified atom stereocenters. The number of pyridine rings is 1. The maximum absolute atomic E-state index is 13.0. The standard InChI is InChI=1S/C31H22F3N5O2/c32-31(33,34)22-9-5-10-23(17-22)36-30-37-29(38-39-30)21-8-4-11-25(16-21)41-28-14-15-35-27-18-24(12-13-26(27)28)40-19-20-6-2-1-3-7-20/h1-18H,19H2,(H2,36,37,38,39). The van der Waals surface area contributed by atoms with Gasteiger partial charge in [0, 0.05) is 28.9 Å². The summed E-state index contributed by atoms with van der Waals surface area (Å²) in [5.41, 5.74) is 1.94. The van der Waals surface area contributed by atoms with Gasteiger partial charge in [-0.3, -0.25) is 10.1 Å². The maximum atomic E-state index is 13.0. The van der Waals surface area contributed by atoms with Gasteiger partial charge in [-0.25, -0.2) is 0 Å². The Hall–Kier alpha value is -5.38. The fourth-order valence-corrected chi connectivity index (χ4v) is 4.20.